The number of hydrogen-bond acceptors (Lipinski definition) is 5. The molecule has 1 atom stereocenters. The Bertz CT molecular complexity index is 772. The first-order valence-corrected chi connectivity index (χ1v) is 8.99. The molecule has 2 aromatic rings. The van der Waals surface area contributed by atoms with E-state index in [1.54, 1.807) is 6.20 Å². The van der Waals surface area contributed by atoms with E-state index in [1.165, 1.54) is 6.07 Å². The second kappa shape index (κ2) is 8.50. The van der Waals surface area contributed by atoms with Gasteiger partial charge in [0.2, 0.25) is 0 Å². The number of rotatable bonds is 6. The lowest BCUT2D eigenvalue weighted by Gasteiger charge is -2.35. The first kappa shape index (κ1) is 18.0. The zero-order chi connectivity index (χ0) is 18.4. The second-order valence-corrected chi connectivity index (χ2v) is 6.50. The quantitative estimate of drug-likeness (QED) is 0.702. The molecule has 2 amide bonds. The number of H-pyrrole nitrogens is 1. The van der Waals surface area contributed by atoms with Crippen LogP contribution in [-0.4, -0.2) is 49.8 Å². The predicted octanol–water partition coefficient (Wildman–Crippen LogP) is 0.745. The lowest BCUT2D eigenvalue weighted by atomic mass is 10.00. The van der Waals surface area contributed by atoms with Crippen molar-refractivity contribution in [2.24, 2.45) is 0 Å². The largest absolute Gasteiger partial charge is 0.383 e. The van der Waals surface area contributed by atoms with Gasteiger partial charge in [-0.15, -0.1) is 0 Å². The summed E-state index contributed by atoms with van der Waals surface area (Å²) in [6.07, 6.45) is 8.19. The molecule has 1 aliphatic heterocycles. The summed E-state index contributed by atoms with van der Waals surface area (Å²) < 4.78 is 1.90. The Morgan fingerprint density at radius 1 is 1.42 bits per heavy atom. The summed E-state index contributed by atoms with van der Waals surface area (Å²) >= 11 is 0. The van der Waals surface area contributed by atoms with E-state index in [4.69, 9.17) is 5.73 Å². The third-order valence-electron chi connectivity index (χ3n) is 4.59. The van der Waals surface area contributed by atoms with Gasteiger partial charge >= 0.3 is 6.03 Å². The molecule has 0 saturated carbocycles. The van der Waals surface area contributed by atoms with Crippen molar-refractivity contribution in [1.82, 2.24) is 30.0 Å². The molecular weight excluding hydrogens is 334 g/mol. The van der Waals surface area contributed by atoms with Crippen LogP contribution in [0.5, 0.6) is 0 Å². The Labute approximate surface area is 151 Å². The molecule has 9 heteroatoms. The molecule has 4 N–H and O–H groups in total. The van der Waals surface area contributed by atoms with Crippen molar-refractivity contribution in [3.05, 3.63) is 40.7 Å². The van der Waals surface area contributed by atoms with Crippen molar-refractivity contribution in [3.8, 4) is 0 Å². The molecule has 3 rings (SSSR count). The van der Waals surface area contributed by atoms with E-state index in [-0.39, 0.29) is 23.5 Å². The number of amides is 2. The van der Waals surface area contributed by atoms with Crippen LogP contribution in [0.25, 0.3) is 0 Å². The smallest absolute Gasteiger partial charge is 0.317 e. The van der Waals surface area contributed by atoms with Gasteiger partial charge in [-0.3, -0.25) is 9.48 Å². The summed E-state index contributed by atoms with van der Waals surface area (Å²) in [6, 6.07) is 3.29. The van der Waals surface area contributed by atoms with Crippen molar-refractivity contribution in [1.29, 1.82) is 0 Å². The Balaban J connectivity index is 1.50. The molecule has 1 fully saturated rings. The summed E-state index contributed by atoms with van der Waals surface area (Å²) in [5, 5.41) is 7.14. The number of urea groups is 1. The van der Waals surface area contributed by atoms with Crippen LogP contribution in [0.3, 0.4) is 0 Å². The maximum atomic E-state index is 12.6. The van der Waals surface area contributed by atoms with Crippen molar-refractivity contribution in [2.45, 2.75) is 44.7 Å². The number of nitrogens with two attached hydrogens (primary N) is 1. The maximum absolute atomic E-state index is 12.6. The number of likely N-dealkylation sites (tertiary alicyclic amines) is 1. The molecular formula is C17H25N7O2. The maximum Gasteiger partial charge on any atom is 0.317 e. The van der Waals surface area contributed by atoms with Gasteiger partial charge < -0.3 is 20.9 Å². The number of aromatic amines is 1. The van der Waals surface area contributed by atoms with Gasteiger partial charge in [0.15, 0.2) is 0 Å². The van der Waals surface area contributed by atoms with E-state index in [2.05, 4.69) is 20.4 Å². The molecule has 9 nitrogen and oxygen atoms in total. The fourth-order valence-corrected chi connectivity index (χ4v) is 3.32. The fraction of sp³-hybridized carbons (Fsp3) is 0.529. The van der Waals surface area contributed by atoms with Crippen molar-refractivity contribution >= 4 is 11.8 Å². The molecule has 1 saturated heterocycles. The fourth-order valence-electron chi connectivity index (χ4n) is 3.32. The highest BCUT2D eigenvalue weighted by Crippen LogP contribution is 2.20. The van der Waals surface area contributed by atoms with E-state index in [0.29, 0.717) is 18.8 Å². The molecule has 1 aliphatic rings. The highest BCUT2D eigenvalue weighted by atomic mass is 16.2. The second-order valence-electron chi connectivity index (χ2n) is 6.50. The SMILES string of the molecule is Nc1cc(=O)[nH]c(CCNC(=O)N2CCCC[C@@H]2CCn2cccn2)n1. The number of nitrogens with zero attached hydrogens (tertiary/aromatic N) is 4. The summed E-state index contributed by atoms with van der Waals surface area (Å²) in [5.41, 5.74) is 5.28. The van der Waals surface area contributed by atoms with Crippen LogP contribution in [0.1, 0.15) is 31.5 Å². The molecule has 0 spiro atoms. The van der Waals surface area contributed by atoms with Gasteiger partial charge in [-0.1, -0.05) is 0 Å². The number of hydrogen-bond donors (Lipinski definition) is 3. The van der Waals surface area contributed by atoms with Gasteiger partial charge in [0, 0.05) is 50.6 Å². The van der Waals surface area contributed by atoms with Crippen LogP contribution in [-0.2, 0) is 13.0 Å². The summed E-state index contributed by atoms with van der Waals surface area (Å²) in [6.45, 7) is 1.96. The summed E-state index contributed by atoms with van der Waals surface area (Å²) in [7, 11) is 0. The first-order valence-electron chi connectivity index (χ1n) is 8.99. The molecule has 3 heterocycles. The highest BCUT2D eigenvalue weighted by molar-refractivity contribution is 5.74. The molecule has 140 valence electrons. The number of nitrogens with one attached hydrogen (secondary N) is 2. The zero-order valence-electron chi connectivity index (χ0n) is 14.7. The average molecular weight is 359 g/mol. The highest BCUT2D eigenvalue weighted by Gasteiger charge is 2.26. The molecule has 0 unspecified atom stereocenters. The standard InChI is InChI=1S/C17H25N7O2/c18-14-12-16(25)22-15(21-14)5-8-19-17(26)24-10-2-1-4-13(24)6-11-23-9-3-7-20-23/h3,7,9,12-13H,1-2,4-6,8,10-11H2,(H,19,26)(H3,18,21,22,25)/t13-/m1/s1. The molecule has 0 aromatic carbocycles. The first-order chi connectivity index (χ1) is 12.6. The van der Waals surface area contributed by atoms with E-state index < -0.39 is 0 Å². The lowest BCUT2D eigenvalue weighted by molar-refractivity contribution is 0.143. The van der Waals surface area contributed by atoms with Crippen molar-refractivity contribution < 1.29 is 4.79 Å². The lowest BCUT2D eigenvalue weighted by Crippen LogP contribution is -2.49. The zero-order valence-corrected chi connectivity index (χ0v) is 14.7. The van der Waals surface area contributed by atoms with Crippen LogP contribution in [0, 0.1) is 0 Å². The predicted molar refractivity (Wildman–Crippen MR) is 97.6 cm³/mol. The van der Waals surface area contributed by atoms with Crippen LogP contribution in [0.4, 0.5) is 10.6 Å². The van der Waals surface area contributed by atoms with Crippen LogP contribution in [0.2, 0.25) is 0 Å². The van der Waals surface area contributed by atoms with E-state index in [0.717, 1.165) is 38.8 Å². The minimum Gasteiger partial charge on any atom is -0.383 e. The van der Waals surface area contributed by atoms with Crippen LogP contribution >= 0.6 is 0 Å². The van der Waals surface area contributed by atoms with Crippen molar-refractivity contribution in [3.63, 3.8) is 0 Å². The van der Waals surface area contributed by atoms with Gasteiger partial charge in [-0.2, -0.15) is 5.10 Å². The minimum atomic E-state index is -0.284. The summed E-state index contributed by atoms with van der Waals surface area (Å²) in [5.74, 6) is 0.661. The molecule has 0 aliphatic carbocycles. The Hall–Kier alpha value is -2.84. The Morgan fingerprint density at radius 2 is 2.31 bits per heavy atom. The summed E-state index contributed by atoms with van der Waals surface area (Å²) in [4.78, 5) is 32.6. The van der Waals surface area contributed by atoms with Gasteiger partial charge in [-0.05, 0) is 31.7 Å². The van der Waals surface area contributed by atoms with Gasteiger partial charge in [-0.25, -0.2) is 9.78 Å². The Morgan fingerprint density at radius 3 is 3.08 bits per heavy atom. The van der Waals surface area contributed by atoms with E-state index in [1.807, 2.05) is 21.8 Å². The third-order valence-corrected chi connectivity index (χ3v) is 4.59. The molecule has 0 bridgehead atoms. The molecule has 2 aromatic heterocycles. The topological polar surface area (TPSA) is 122 Å². The van der Waals surface area contributed by atoms with Gasteiger partial charge in [0.05, 0.1) is 0 Å². The Kier molecular flexibility index (Phi) is 5.88. The number of anilines is 1. The normalized spacial score (nSPS) is 17.2. The number of carbonyl (C=O) groups is 1. The number of piperidine rings is 1. The van der Waals surface area contributed by atoms with Gasteiger partial charge in [0.1, 0.15) is 11.6 Å². The van der Waals surface area contributed by atoms with Crippen LogP contribution < -0.4 is 16.6 Å². The number of aromatic nitrogens is 4. The van der Waals surface area contributed by atoms with Crippen LogP contribution in [0.15, 0.2) is 29.3 Å². The molecule has 0 radical (unpaired) electrons. The van der Waals surface area contributed by atoms with Crippen molar-refractivity contribution in [2.75, 3.05) is 18.8 Å². The van der Waals surface area contributed by atoms with Gasteiger partial charge in [0.25, 0.3) is 5.56 Å². The van der Waals surface area contributed by atoms with E-state index in [9.17, 15) is 9.59 Å². The number of nitrogen functional groups attached to an aromatic ring is 1. The van der Waals surface area contributed by atoms with E-state index >= 15 is 0 Å². The minimum absolute atomic E-state index is 0.0681. The monoisotopic (exact) mass is 359 g/mol. The number of aryl methyl sites for hydroxylation is 1. The average Bonchev–Trinajstić information content (AvgIpc) is 3.13. The molecule has 26 heavy (non-hydrogen) atoms. The number of carbonyl (C=O) groups excluding carboxylic acids is 1. The third kappa shape index (κ3) is 4.84.